The van der Waals surface area contributed by atoms with Gasteiger partial charge in [0.15, 0.2) is 0 Å². The second-order valence-corrected chi connectivity index (χ2v) is 6.41. The van der Waals surface area contributed by atoms with Crippen molar-refractivity contribution < 1.29 is 14.3 Å². The van der Waals surface area contributed by atoms with E-state index in [0.717, 1.165) is 24.3 Å². The highest BCUT2D eigenvalue weighted by molar-refractivity contribution is 5.79. The Morgan fingerprint density at radius 3 is 3.00 bits per heavy atom. The van der Waals surface area contributed by atoms with Gasteiger partial charge in [-0.05, 0) is 37.1 Å². The lowest BCUT2D eigenvalue weighted by Crippen LogP contribution is -2.54. The molecule has 2 aromatic rings. The van der Waals surface area contributed by atoms with E-state index in [1.807, 2.05) is 35.2 Å². The van der Waals surface area contributed by atoms with Crippen LogP contribution in [0.4, 0.5) is 0 Å². The number of hydrogen-bond donors (Lipinski definition) is 0. The van der Waals surface area contributed by atoms with Gasteiger partial charge in [0.25, 0.3) is 0 Å². The van der Waals surface area contributed by atoms with E-state index in [0.29, 0.717) is 19.6 Å². The summed E-state index contributed by atoms with van der Waals surface area (Å²) in [5.41, 5.74) is 0.802. The molecule has 0 unspecified atom stereocenters. The van der Waals surface area contributed by atoms with Crippen LogP contribution in [-0.4, -0.2) is 52.2 Å². The molecule has 2 aromatic heterocycles. The van der Waals surface area contributed by atoms with Gasteiger partial charge in [0.05, 0.1) is 25.3 Å². The predicted molar refractivity (Wildman–Crippen MR) is 91.1 cm³/mol. The zero-order valence-electron chi connectivity index (χ0n) is 14.0. The van der Waals surface area contributed by atoms with Crippen LogP contribution in [-0.2, 0) is 16.0 Å². The Balaban J connectivity index is 1.43. The van der Waals surface area contributed by atoms with Crippen molar-refractivity contribution >= 4 is 5.91 Å². The van der Waals surface area contributed by atoms with E-state index in [1.54, 1.807) is 18.6 Å². The second-order valence-electron chi connectivity index (χ2n) is 6.41. The molecule has 0 spiro atoms. The first kappa shape index (κ1) is 16.0. The van der Waals surface area contributed by atoms with Crippen LogP contribution in [0.25, 0.3) is 0 Å². The minimum absolute atomic E-state index is 0.0420. The number of morpholine rings is 1. The Morgan fingerprint density at radius 2 is 2.20 bits per heavy atom. The first-order valence-corrected chi connectivity index (χ1v) is 8.69. The number of fused-ring (bicyclic) bond motifs is 1. The molecule has 6 nitrogen and oxygen atoms in total. The van der Waals surface area contributed by atoms with Gasteiger partial charge in [-0.1, -0.05) is 6.07 Å². The van der Waals surface area contributed by atoms with Crippen molar-refractivity contribution in [2.45, 2.75) is 37.5 Å². The average Bonchev–Trinajstić information content (AvgIpc) is 3.06. The molecule has 6 heteroatoms. The Morgan fingerprint density at radius 1 is 1.24 bits per heavy atom. The van der Waals surface area contributed by atoms with E-state index < -0.39 is 0 Å². The fraction of sp³-hybridized carbons (Fsp3) is 0.421. The Bertz CT molecular complexity index is 710. The molecule has 0 aromatic carbocycles. The van der Waals surface area contributed by atoms with E-state index >= 15 is 0 Å². The van der Waals surface area contributed by atoms with E-state index in [-0.39, 0.29) is 24.2 Å². The summed E-state index contributed by atoms with van der Waals surface area (Å²) < 4.78 is 12.0. The van der Waals surface area contributed by atoms with Gasteiger partial charge in [-0.15, -0.1) is 0 Å². The molecule has 2 aliphatic rings. The maximum absolute atomic E-state index is 12.8. The predicted octanol–water partition coefficient (Wildman–Crippen LogP) is 1.86. The average molecular weight is 339 g/mol. The second kappa shape index (κ2) is 7.19. The Hall–Kier alpha value is -2.47. The van der Waals surface area contributed by atoms with Crippen LogP contribution in [0.3, 0.4) is 0 Å². The number of carbonyl (C=O) groups is 1. The highest BCUT2D eigenvalue weighted by atomic mass is 16.5. The minimum atomic E-state index is -0.0818. The molecule has 1 aliphatic carbocycles. The number of rotatable bonds is 4. The molecule has 1 saturated carbocycles. The summed E-state index contributed by atoms with van der Waals surface area (Å²) in [6.07, 6.45) is 7.12. The van der Waals surface area contributed by atoms with E-state index in [2.05, 4.69) is 9.97 Å². The molecule has 3 atom stereocenters. The van der Waals surface area contributed by atoms with Crippen molar-refractivity contribution in [3.05, 3.63) is 54.6 Å². The molecule has 1 amide bonds. The van der Waals surface area contributed by atoms with Crippen LogP contribution < -0.4 is 4.74 Å². The maximum atomic E-state index is 12.8. The molecular formula is C19H21N3O3. The third-order valence-corrected chi connectivity index (χ3v) is 4.84. The van der Waals surface area contributed by atoms with Gasteiger partial charge in [0.1, 0.15) is 18.0 Å². The number of nitrogens with zero attached hydrogens (tertiary/aromatic N) is 3. The van der Waals surface area contributed by atoms with Gasteiger partial charge in [-0.2, -0.15) is 0 Å². The summed E-state index contributed by atoms with van der Waals surface area (Å²) >= 11 is 0. The van der Waals surface area contributed by atoms with Gasteiger partial charge in [0.2, 0.25) is 5.91 Å². The van der Waals surface area contributed by atoms with E-state index in [4.69, 9.17) is 9.47 Å². The summed E-state index contributed by atoms with van der Waals surface area (Å²) in [6, 6.07) is 9.48. The quantitative estimate of drug-likeness (QED) is 0.851. The topological polar surface area (TPSA) is 64.6 Å². The van der Waals surface area contributed by atoms with Crippen LogP contribution in [0, 0.1) is 0 Å². The van der Waals surface area contributed by atoms with Gasteiger partial charge in [0, 0.05) is 24.6 Å². The molecule has 1 aliphatic heterocycles. The van der Waals surface area contributed by atoms with Crippen molar-refractivity contribution in [3.8, 4) is 5.75 Å². The number of hydrogen-bond acceptors (Lipinski definition) is 5. The number of amides is 1. The molecule has 0 radical (unpaired) electrons. The first-order valence-electron chi connectivity index (χ1n) is 8.69. The zero-order valence-corrected chi connectivity index (χ0v) is 14.0. The molecule has 130 valence electrons. The molecule has 0 N–H and O–H groups in total. The molecular weight excluding hydrogens is 318 g/mol. The number of aromatic nitrogens is 2. The van der Waals surface area contributed by atoms with Gasteiger partial charge < -0.3 is 14.4 Å². The van der Waals surface area contributed by atoms with Crippen LogP contribution in [0.5, 0.6) is 5.75 Å². The zero-order chi connectivity index (χ0) is 17.1. The molecule has 25 heavy (non-hydrogen) atoms. The fourth-order valence-electron chi connectivity index (χ4n) is 3.70. The van der Waals surface area contributed by atoms with Crippen LogP contribution in [0.15, 0.2) is 48.9 Å². The standard InChI is InChI=1S/C19H21N3O3/c23-18(12-14-4-1-2-9-21-14)22-10-11-24-19-16(22)6-7-17(19)25-15-5-3-8-20-13-15/h1-5,8-9,13,16-17,19H,6-7,10-12H2/t16-,17+,19+/m0/s1. The largest absolute Gasteiger partial charge is 0.486 e. The summed E-state index contributed by atoms with van der Waals surface area (Å²) in [5.74, 6) is 0.854. The Labute approximate surface area is 146 Å². The minimum Gasteiger partial charge on any atom is -0.486 e. The lowest BCUT2D eigenvalue weighted by atomic mass is 10.1. The number of pyridine rings is 2. The number of ether oxygens (including phenoxy) is 2. The van der Waals surface area contributed by atoms with E-state index in [9.17, 15) is 4.79 Å². The maximum Gasteiger partial charge on any atom is 0.229 e. The molecule has 2 fully saturated rings. The van der Waals surface area contributed by atoms with E-state index in [1.165, 1.54) is 0 Å². The lowest BCUT2D eigenvalue weighted by molar-refractivity contribution is -0.147. The monoisotopic (exact) mass is 339 g/mol. The first-order chi connectivity index (χ1) is 12.3. The van der Waals surface area contributed by atoms with Gasteiger partial charge in [-0.3, -0.25) is 14.8 Å². The van der Waals surface area contributed by atoms with Crippen LogP contribution >= 0.6 is 0 Å². The van der Waals surface area contributed by atoms with Crippen molar-refractivity contribution in [1.29, 1.82) is 0 Å². The highest BCUT2D eigenvalue weighted by Crippen LogP contribution is 2.33. The van der Waals surface area contributed by atoms with Gasteiger partial charge >= 0.3 is 0 Å². The van der Waals surface area contributed by atoms with Crippen molar-refractivity contribution in [1.82, 2.24) is 14.9 Å². The normalized spacial score (nSPS) is 25.4. The third-order valence-electron chi connectivity index (χ3n) is 4.84. The lowest BCUT2D eigenvalue weighted by Gasteiger charge is -2.39. The van der Waals surface area contributed by atoms with Crippen molar-refractivity contribution in [2.24, 2.45) is 0 Å². The summed E-state index contributed by atoms with van der Waals surface area (Å²) in [7, 11) is 0. The SMILES string of the molecule is O=C(Cc1ccccn1)N1CCO[C@H]2[C@H](Oc3cccnc3)CC[C@@H]21. The molecule has 3 heterocycles. The molecule has 4 rings (SSSR count). The summed E-state index contributed by atoms with van der Waals surface area (Å²) in [4.78, 5) is 23.1. The number of carbonyl (C=O) groups excluding carboxylic acids is 1. The molecule has 0 bridgehead atoms. The highest BCUT2D eigenvalue weighted by Gasteiger charge is 2.45. The van der Waals surface area contributed by atoms with Crippen molar-refractivity contribution in [3.63, 3.8) is 0 Å². The summed E-state index contributed by atoms with van der Waals surface area (Å²) in [5, 5.41) is 0. The van der Waals surface area contributed by atoms with Crippen LogP contribution in [0.1, 0.15) is 18.5 Å². The smallest absolute Gasteiger partial charge is 0.229 e. The van der Waals surface area contributed by atoms with Crippen molar-refractivity contribution in [2.75, 3.05) is 13.2 Å². The fourth-order valence-corrected chi connectivity index (χ4v) is 3.70. The van der Waals surface area contributed by atoms with Gasteiger partial charge in [-0.25, -0.2) is 0 Å². The van der Waals surface area contributed by atoms with Crippen LogP contribution in [0.2, 0.25) is 0 Å². The Kier molecular flexibility index (Phi) is 4.61. The third kappa shape index (κ3) is 3.49. The molecule has 1 saturated heterocycles. The summed E-state index contributed by atoms with van der Waals surface area (Å²) in [6.45, 7) is 1.18.